The lowest BCUT2D eigenvalue weighted by atomic mass is 9.81. The van der Waals surface area contributed by atoms with Crippen molar-refractivity contribution in [1.29, 1.82) is 0 Å². The van der Waals surface area contributed by atoms with Gasteiger partial charge in [-0.1, -0.05) is 97.1 Å². The summed E-state index contributed by atoms with van der Waals surface area (Å²) in [4.78, 5) is 0. The van der Waals surface area contributed by atoms with Crippen molar-refractivity contribution >= 4 is 11.8 Å². The fourth-order valence-corrected chi connectivity index (χ4v) is 6.17. The van der Waals surface area contributed by atoms with E-state index < -0.39 is 0 Å². The Morgan fingerprint density at radius 1 is 0.655 bits per heavy atom. The van der Waals surface area contributed by atoms with E-state index in [1.165, 1.54) is 27.8 Å². The molecule has 0 bridgehead atoms. The van der Waals surface area contributed by atoms with Crippen LogP contribution in [0.2, 0.25) is 0 Å². The Bertz CT molecular complexity index is 1060. The number of rotatable bonds is 4. The Labute approximate surface area is 176 Å². The van der Waals surface area contributed by atoms with Gasteiger partial charge in [-0.15, -0.1) is 11.8 Å². The second-order valence-corrected chi connectivity index (χ2v) is 8.59. The average Bonchev–Trinajstić information content (AvgIpc) is 3.17. The summed E-state index contributed by atoms with van der Waals surface area (Å²) in [5, 5.41) is 0.262. The summed E-state index contributed by atoms with van der Waals surface area (Å²) in [5.74, 6) is 0.891. The first-order valence-electron chi connectivity index (χ1n) is 9.85. The summed E-state index contributed by atoms with van der Waals surface area (Å²) in [6, 6.07) is 39.2. The van der Waals surface area contributed by atoms with Gasteiger partial charge in [-0.05, 0) is 39.9 Å². The van der Waals surface area contributed by atoms with Crippen molar-refractivity contribution in [3.8, 4) is 5.75 Å². The number of fused-ring (bicyclic) bond motifs is 1. The molecule has 142 valence electrons. The van der Waals surface area contributed by atoms with Crippen LogP contribution in [0.15, 0.2) is 109 Å². The van der Waals surface area contributed by atoms with Crippen LogP contribution in [-0.4, -0.2) is 7.11 Å². The van der Waals surface area contributed by atoms with Crippen LogP contribution in [0, 0.1) is 0 Å². The van der Waals surface area contributed by atoms with E-state index in [1.807, 2.05) is 11.8 Å². The van der Waals surface area contributed by atoms with Crippen molar-refractivity contribution in [3.05, 3.63) is 137 Å². The van der Waals surface area contributed by atoms with Crippen molar-refractivity contribution in [2.45, 2.75) is 10.00 Å². The molecule has 0 spiro atoms. The summed E-state index contributed by atoms with van der Waals surface area (Å²) < 4.78 is 5.14. The Balaban J connectivity index is 1.74. The molecular weight excluding hydrogens is 372 g/mol. The number of methoxy groups -OCH3 is 1. The zero-order chi connectivity index (χ0) is 19.7. The minimum atomic E-state index is -0.232. The highest BCUT2D eigenvalue weighted by atomic mass is 32.2. The molecule has 29 heavy (non-hydrogen) atoms. The Hall–Kier alpha value is -2.97. The molecule has 0 aromatic heterocycles. The summed E-state index contributed by atoms with van der Waals surface area (Å²) >= 11 is 2.02. The summed E-state index contributed by atoms with van der Waals surface area (Å²) in [5.41, 5.74) is 6.70. The minimum Gasteiger partial charge on any atom is -0.497 e. The highest BCUT2D eigenvalue weighted by molar-refractivity contribution is 8.01. The molecular formula is C27H22OS. The molecule has 0 fully saturated rings. The van der Waals surface area contributed by atoms with Crippen LogP contribution < -0.4 is 4.74 Å². The van der Waals surface area contributed by atoms with Crippen molar-refractivity contribution in [2.24, 2.45) is 0 Å². The largest absolute Gasteiger partial charge is 0.497 e. The Kier molecular flexibility index (Phi) is 4.65. The zero-order valence-electron chi connectivity index (χ0n) is 16.3. The first kappa shape index (κ1) is 18.1. The number of thioether (sulfide) groups is 1. The van der Waals surface area contributed by atoms with E-state index in [1.54, 1.807) is 7.11 Å². The molecule has 1 heterocycles. The summed E-state index contributed by atoms with van der Waals surface area (Å²) in [6.07, 6.45) is 0. The number of ether oxygens (including phenoxy) is 1. The van der Waals surface area contributed by atoms with Crippen molar-refractivity contribution in [1.82, 2.24) is 0 Å². The van der Waals surface area contributed by atoms with Gasteiger partial charge in [-0.2, -0.15) is 0 Å². The van der Waals surface area contributed by atoms with E-state index in [-0.39, 0.29) is 10.00 Å². The van der Waals surface area contributed by atoms with E-state index in [0.29, 0.717) is 0 Å². The molecule has 1 atom stereocenters. The standard InChI is InChI=1S/C27H22OS/c1-28-23-18-16-20(17-19-23)26-24-14-8-9-15-25(24)27(29-26,21-10-4-2-5-11-21)22-12-6-3-7-13-22/h2-19,26H,1H3. The van der Waals surface area contributed by atoms with Crippen molar-refractivity contribution in [3.63, 3.8) is 0 Å². The van der Waals surface area contributed by atoms with Gasteiger partial charge in [0.1, 0.15) is 5.75 Å². The molecule has 0 N–H and O–H groups in total. The lowest BCUT2D eigenvalue weighted by molar-refractivity contribution is 0.414. The highest BCUT2D eigenvalue weighted by Crippen LogP contribution is 2.62. The number of hydrogen-bond donors (Lipinski definition) is 0. The van der Waals surface area contributed by atoms with Crippen LogP contribution in [0.25, 0.3) is 0 Å². The van der Waals surface area contributed by atoms with E-state index >= 15 is 0 Å². The molecule has 5 rings (SSSR count). The van der Waals surface area contributed by atoms with Gasteiger partial charge in [0.15, 0.2) is 0 Å². The maximum Gasteiger partial charge on any atom is 0.118 e. The molecule has 1 nitrogen and oxygen atoms in total. The lowest BCUT2D eigenvalue weighted by Gasteiger charge is -2.32. The molecule has 0 saturated heterocycles. The van der Waals surface area contributed by atoms with Crippen LogP contribution in [0.5, 0.6) is 5.75 Å². The van der Waals surface area contributed by atoms with Gasteiger partial charge >= 0.3 is 0 Å². The third-order valence-corrected chi connectivity index (χ3v) is 7.50. The quantitative estimate of drug-likeness (QED) is 0.375. The van der Waals surface area contributed by atoms with Crippen molar-refractivity contribution < 1.29 is 4.74 Å². The maximum atomic E-state index is 5.37. The van der Waals surface area contributed by atoms with Gasteiger partial charge in [0.25, 0.3) is 0 Å². The lowest BCUT2D eigenvalue weighted by Crippen LogP contribution is -2.22. The molecule has 0 aliphatic carbocycles. The third-order valence-electron chi connectivity index (χ3n) is 5.70. The van der Waals surface area contributed by atoms with Gasteiger partial charge in [0.05, 0.1) is 17.1 Å². The van der Waals surface area contributed by atoms with E-state index in [9.17, 15) is 0 Å². The Morgan fingerprint density at radius 2 is 1.21 bits per heavy atom. The molecule has 2 heteroatoms. The summed E-state index contributed by atoms with van der Waals surface area (Å²) in [7, 11) is 1.71. The topological polar surface area (TPSA) is 9.23 Å². The molecule has 4 aromatic carbocycles. The first-order chi connectivity index (χ1) is 14.3. The van der Waals surface area contributed by atoms with Crippen LogP contribution in [0.3, 0.4) is 0 Å². The fraction of sp³-hybridized carbons (Fsp3) is 0.111. The van der Waals surface area contributed by atoms with Gasteiger partial charge in [0, 0.05) is 0 Å². The minimum absolute atomic E-state index is 0.232. The van der Waals surface area contributed by atoms with E-state index in [4.69, 9.17) is 4.74 Å². The second-order valence-electron chi connectivity index (χ2n) is 7.27. The Morgan fingerprint density at radius 3 is 1.79 bits per heavy atom. The molecule has 1 aliphatic heterocycles. The van der Waals surface area contributed by atoms with E-state index in [2.05, 4.69) is 109 Å². The molecule has 1 aliphatic rings. The van der Waals surface area contributed by atoms with Crippen LogP contribution in [0.4, 0.5) is 0 Å². The monoisotopic (exact) mass is 394 g/mol. The van der Waals surface area contributed by atoms with Crippen LogP contribution in [0.1, 0.15) is 33.1 Å². The zero-order valence-corrected chi connectivity index (χ0v) is 17.1. The van der Waals surface area contributed by atoms with Crippen LogP contribution in [-0.2, 0) is 4.75 Å². The summed E-state index contributed by atoms with van der Waals surface area (Å²) in [6.45, 7) is 0. The van der Waals surface area contributed by atoms with Crippen molar-refractivity contribution in [2.75, 3.05) is 7.11 Å². The molecule has 4 aromatic rings. The fourth-order valence-electron chi connectivity index (χ4n) is 4.34. The van der Waals surface area contributed by atoms with Gasteiger partial charge in [-0.3, -0.25) is 0 Å². The first-order valence-corrected chi connectivity index (χ1v) is 10.7. The van der Waals surface area contributed by atoms with E-state index in [0.717, 1.165) is 5.75 Å². The third kappa shape index (κ3) is 2.95. The normalized spacial score (nSPS) is 16.9. The highest BCUT2D eigenvalue weighted by Gasteiger charge is 2.47. The number of benzene rings is 4. The predicted octanol–water partition coefficient (Wildman–Crippen LogP) is 6.82. The smallest absolute Gasteiger partial charge is 0.118 e. The maximum absolute atomic E-state index is 5.37. The van der Waals surface area contributed by atoms with Gasteiger partial charge in [0.2, 0.25) is 0 Å². The van der Waals surface area contributed by atoms with Crippen LogP contribution >= 0.6 is 11.8 Å². The SMILES string of the molecule is COc1ccc(C2SC(c3ccccc3)(c3ccccc3)c3ccccc32)cc1. The molecule has 0 saturated carbocycles. The molecule has 0 radical (unpaired) electrons. The average molecular weight is 395 g/mol. The van der Waals surface area contributed by atoms with Gasteiger partial charge < -0.3 is 4.74 Å². The molecule has 0 amide bonds. The number of hydrogen-bond acceptors (Lipinski definition) is 2. The molecule has 1 unspecified atom stereocenters. The predicted molar refractivity (Wildman–Crippen MR) is 122 cm³/mol. The van der Waals surface area contributed by atoms with Gasteiger partial charge in [-0.25, -0.2) is 0 Å². The second kappa shape index (κ2) is 7.46.